The summed E-state index contributed by atoms with van der Waals surface area (Å²) in [5.41, 5.74) is 3.60. The molecule has 5 nitrogen and oxygen atoms in total. The molecule has 0 saturated carbocycles. The number of aryl methyl sites for hydroxylation is 1. The van der Waals surface area contributed by atoms with Gasteiger partial charge in [0.2, 0.25) is 0 Å². The van der Waals surface area contributed by atoms with Crippen molar-refractivity contribution in [1.82, 2.24) is 0 Å². The van der Waals surface area contributed by atoms with Crippen molar-refractivity contribution in [2.75, 3.05) is 7.11 Å². The largest absolute Gasteiger partial charge is 0.493 e. The van der Waals surface area contributed by atoms with E-state index in [2.05, 4.69) is 13.0 Å². The third kappa shape index (κ3) is 3.55. The van der Waals surface area contributed by atoms with E-state index in [-0.39, 0.29) is 0 Å². The minimum absolute atomic E-state index is 0.441. The van der Waals surface area contributed by atoms with E-state index in [1.807, 2.05) is 48.5 Å². The van der Waals surface area contributed by atoms with Crippen molar-refractivity contribution in [2.24, 2.45) is 0 Å². The number of methoxy groups -OCH3 is 1. The van der Waals surface area contributed by atoms with Gasteiger partial charge in [-0.1, -0.05) is 36.4 Å². The summed E-state index contributed by atoms with van der Waals surface area (Å²) < 4.78 is 22.9. The highest BCUT2D eigenvalue weighted by atomic mass is 16.5. The van der Waals surface area contributed by atoms with Crippen LogP contribution in [0.5, 0.6) is 11.5 Å². The molecule has 0 amide bonds. The van der Waals surface area contributed by atoms with E-state index in [0.29, 0.717) is 40.6 Å². The average molecular weight is 412 g/mol. The molecular weight excluding hydrogens is 392 g/mol. The van der Waals surface area contributed by atoms with Crippen LogP contribution in [0.1, 0.15) is 11.1 Å². The first-order valence-electron chi connectivity index (χ1n) is 9.94. The van der Waals surface area contributed by atoms with Crippen LogP contribution in [0.25, 0.3) is 33.3 Å². The second-order valence-corrected chi connectivity index (χ2v) is 7.34. The zero-order valence-corrected chi connectivity index (χ0v) is 17.2. The van der Waals surface area contributed by atoms with Crippen molar-refractivity contribution >= 4 is 21.9 Å². The number of furan rings is 1. The molecule has 0 atom stereocenters. The summed E-state index contributed by atoms with van der Waals surface area (Å²) in [6.07, 6.45) is 0. The molecule has 5 aromatic rings. The lowest BCUT2D eigenvalue weighted by Crippen LogP contribution is -2.00. The molecular formula is C26H20O5. The lowest BCUT2D eigenvalue weighted by molar-refractivity contribution is 0.305. The number of ether oxygens (including phenoxy) is 2. The van der Waals surface area contributed by atoms with Crippen LogP contribution in [-0.4, -0.2) is 7.11 Å². The van der Waals surface area contributed by atoms with Crippen LogP contribution >= 0.6 is 0 Å². The Hall–Kier alpha value is -3.99. The van der Waals surface area contributed by atoms with Gasteiger partial charge in [0.15, 0.2) is 11.3 Å². The topological polar surface area (TPSA) is 61.8 Å². The molecule has 0 N–H and O–H groups in total. The van der Waals surface area contributed by atoms with Crippen LogP contribution in [0.15, 0.2) is 86.4 Å². The Kier molecular flexibility index (Phi) is 4.71. The maximum Gasteiger partial charge on any atom is 0.336 e. The van der Waals surface area contributed by atoms with E-state index in [1.54, 1.807) is 19.2 Å². The van der Waals surface area contributed by atoms with Crippen LogP contribution in [-0.2, 0) is 6.61 Å². The SMILES string of the molecule is COc1cccc2cc(-c3cc(=O)oc4ccc(OCc5ccccc5C)cc34)oc12. The van der Waals surface area contributed by atoms with Gasteiger partial charge in [0.05, 0.1) is 7.11 Å². The zero-order chi connectivity index (χ0) is 21.4. The molecule has 0 aliphatic carbocycles. The van der Waals surface area contributed by atoms with Crippen molar-refractivity contribution in [3.63, 3.8) is 0 Å². The third-order valence-electron chi connectivity index (χ3n) is 5.36. The highest BCUT2D eigenvalue weighted by Crippen LogP contribution is 2.36. The van der Waals surface area contributed by atoms with Crippen LogP contribution in [0, 0.1) is 6.92 Å². The van der Waals surface area contributed by atoms with Crippen LogP contribution in [0.2, 0.25) is 0 Å². The molecule has 0 radical (unpaired) electrons. The Morgan fingerprint density at radius 3 is 2.61 bits per heavy atom. The van der Waals surface area contributed by atoms with Crippen molar-refractivity contribution in [1.29, 1.82) is 0 Å². The summed E-state index contributed by atoms with van der Waals surface area (Å²) in [6.45, 7) is 2.51. The van der Waals surface area contributed by atoms with Gasteiger partial charge in [-0.15, -0.1) is 0 Å². The van der Waals surface area contributed by atoms with Crippen LogP contribution < -0.4 is 15.1 Å². The second-order valence-electron chi connectivity index (χ2n) is 7.34. The summed E-state index contributed by atoms with van der Waals surface area (Å²) in [6, 6.07) is 22.5. The Bertz CT molecular complexity index is 1460. The minimum atomic E-state index is -0.441. The van der Waals surface area contributed by atoms with Gasteiger partial charge < -0.3 is 18.3 Å². The lowest BCUT2D eigenvalue weighted by Gasteiger charge is -2.10. The normalized spacial score (nSPS) is 11.2. The highest BCUT2D eigenvalue weighted by molar-refractivity contribution is 5.96. The van der Waals surface area contributed by atoms with Gasteiger partial charge in [-0.25, -0.2) is 4.79 Å². The minimum Gasteiger partial charge on any atom is -0.493 e. The zero-order valence-electron chi connectivity index (χ0n) is 17.2. The van der Waals surface area contributed by atoms with Crippen molar-refractivity contribution in [3.05, 3.63) is 94.3 Å². The van der Waals surface area contributed by atoms with Crippen molar-refractivity contribution in [3.8, 4) is 22.8 Å². The third-order valence-corrected chi connectivity index (χ3v) is 5.36. The van der Waals surface area contributed by atoms with Gasteiger partial charge in [-0.05, 0) is 48.4 Å². The van der Waals surface area contributed by atoms with Gasteiger partial charge in [0.25, 0.3) is 0 Å². The van der Waals surface area contributed by atoms with Gasteiger partial charge in [-0.2, -0.15) is 0 Å². The molecule has 31 heavy (non-hydrogen) atoms. The Morgan fingerprint density at radius 1 is 0.903 bits per heavy atom. The molecule has 2 heterocycles. The Balaban J connectivity index is 1.59. The molecule has 0 unspecified atom stereocenters. The summed E-state index contributed by atoms with van der Waals surface area (Å²) in [5, 5.41) is 1.63. The molecule has 5 heteroatoms. The fraction of sp³-hybridized carbons (Fsp3) is 0.115. The predicted molar refractivity (Wildman–Crippen MR) is 120 cm³/mol. The Morgan fingerprint density at radius 2 is 1.77 bits per heavy atom. The van der Waals surface area contributed by atoms with Gasteiger partial charge in [-0.3, -0.25) is 0 Å². The maximum atomic E-state index is 12.2. The van der Waals surface area contributed by atoms with Crippen LogP contribution in [0.4, 0.5) is 0 Å². The summed E-state index contributed by atoms with van der Waals surface area (Å²) in [7, 11) is 1.60. The van der Waals surface area contributed by atoms with E-state index >= 15 is 0 Å². The fourth-order valence-corrected chi connectivity index (χ4v) is 3.70. The summed E-state index contributed by atoms with van der Waals surface area (Å²) in [5.74, 6) is 1.88. The highest BCUT2D eigenvalue weighted by Gasteiger charge is 2.15. The Labute approximate surface area is 178 Å². The smallest absolute Gasteiger partial charge is 0.336 e. The van der Waals surface area contributed by atoms with Gasteiger partial charge in [0.1, 0.15) is 23.7 Å². The second kappa shape index (κ2) is 7.69. The van der Waals surface area contributed by atoms with E-state index in [4.69, 9.17) is 18.3 Å². The predicted octanol–water partition coefficient (Wildman–Crippen LogP) is 6.10. The average Bonchev–Trinajstić information content (AvgIpc) is 3.22. The molecule has 154 valence electrons. The monoisotopic (exact) mass is 412 g/mol. The molecule has 2 aromatic heterocycles. The number of para-hydroxylation sites is 1. The first kappa shape index (κ1) is 19.0. The number of rotatable bonds is 5. The maximum absolute atomic E-state index is 12.2. The van der Waals surface area contributed by atoms with Crippen molar-refractivity contribution < 1.29 is 18.3 Å². The number of hydrogen-bond donors (Lipinski definition) is 0. The van der Waals surface area contributed by atoms with E-state index in [0.717, 1.165) is 16.3 Å². The summed E-state index contributed by atoms with van der Waals surface area (Å²) in [4.78, 5) is 12.2. The number of benzene rings is 3. The first-order valence-corrected chi connectivity index (χ1v) is 9.94. The molecule has 0 aliphatic rings. The standard InChI is InChI=1S/C26H20O5/c1-16-6-3-4-7-18(16)15-29-19-10-11-22-20(13-19)21(14-25(27)30-22)24-12-17-8-5-9-23(28-2)26(17)31-24/h3-14H,15H2,1-2H3. The number of fused-ring (bicyclic) bond motifs is 2. The van der Waals surface area contributed by atoms with E-state index < -0.39 is 5.63 Å². The van der Waals surface area contributed by atoms with E-state index in [9.17, 15) is 4.79 Å². The van der Waals surface area contributed by atoms with Gasteiger partial charge >= 0.3 is 5.63 Å². The lowest BCUT2D eigenvalue weighted by atomic mass is 10.1. The van der Waals surface area contributed by atoms with Crippen LogP contribution in [0.3, 0.4) is 0 Å². The molecule has 0 aliphatic heterocycles. The quantitative estimate of drug-likeness (QED) is 0.326. The molecule has 0 bridgehead atoms. The molecule has 0 fully saturated rings. The van der Waals surface area contributed by atoms with Gasteiger partial charge in [0, 0.05) is 22.4 Å². The number of hydrogen-bond acceptors (Lipinski definition) is 5. The molecule has 0 spiro atoms. The molecule has 0 saturated heterocycles. The molecule has 5 rings (SSSR count). The van der Waals surface area contributed by atoms with E-state index in [1.165, 1.54) is 11.6 Å². The first-order chi connectivity index (χ1) is 15.1. The summed E-state index contributed by atoms with van der Waals surface area (Å²) >= 11 is 0. The fourth-order valence-electron chi connectivity index (χ4n) is 3.70. The molecule has 3 aromatic carbocycles. The van der Waals surface area contributed by atoms with Crippen molar-refractivity contribution in [2.45, 2.75) is 13.5 Å².